The fourth-order valence-electron chi connectivity index (χ4n) is 1.08. The number of carbonyl (C=O) groups excluding carboxylic acids is 1. The molecule has 0 aliphatic heterocycles. The molecule has 0 aliphatic rings. The number of aryl methyl sites for hydroxylation is 1. The number of hydrogen-bond donors (Lipinski definition) is 2. The summed E-state index contributed by atoms with van der Waals surface area (Å²) in [6, 6.07) is 1.48. The molecule has 1 atom stereocenters. The van der Waals surface area contributed by atoms with Crippen LogP contribution in [0.15, 0.2) is 6.07 Å². The molecular formula is C8H14N4O. The summed E-state index contributed by atoms with van der Waals surface area (Å²) in [6.07, 6.45) is 0.255. The van der Waals surface area contributed by atoms with Gasteiger partial charge >= 0.3 is 0 Å². The number of rotatable bonds is 2. The molecule has 72 valence electrons. The van der Waals surface area contributed by atoms with Crippen molar-refractivity contribution in [2.45, 2.75) is 26.3 Å². The van der Waals surface area contributed by atoms with Crippen LogP contribution in [0.2, 0.25) is 0 Å². The van der Waals surface area contributed by atoms with Gasteiger partial charge in [0.2, 0.25) is 5.91 Å². The Kier molecular flexibility index (Phi) is 2.67. The third kappa shape index (κ3) is 2.29. The normalized spacial score (nSPS) is 12.8. The van der Waals surface area contributed by atoms with Crippen molar-refractivity contribution in [2.75, 3.05) is 5.73 Å². The van der Waals surface area contributed by atoms with E-state index in [1.54, 1.807) is 19.9 Å². The van der Waals surface area contributed by atoms with Gasteiger partial charge in [-0.15, -0.1) is 0 Å². The maximum Gasteiger partial charge on any atom is 0.250 e. The predicted octanol–water partition coefficient (Wildman–Crippen LogP) is 0.151. The van der Waals surface area contributed by atoms with Gasteiger partial charge in [-0.2, -0.15) is 9.78 Å². The Labute approximate surface area is 76.7 Å². The summed E-state index contributed by atoms with van der Waals surface area (Å²) in [6.45, 7) is 3.55. The number of anilines is 1. The summed E-state index contributed by atoms with van der Waals surface area (Å²) in [5.41, 5.74) is 11.8. The molecule has 1 heterocycles. The lowest BCUT2D eigenvalue weighted by atomic mass is 10.2. The van der Waals surface area contributed by atoms with Gasteiger partial charge in [-0.05, 0) is 13.8 Å². The molecule has 0 radical (unpaired) electrons. The zero-order chi connectivity index (χ0) is 10.0. The molecule has 0 spiro atoms. The van der Waals surface area contributed by atoms with Crippen LogP contribution in [0.3, 0.4) is 0 Å². The highest BCUT2D eigenvalue weighted by Gasteiger charge is 2.11. The summed E-state index contributed by atoms with van der Waals surface area (Å²) in [7, 11) is 0. The highest BCUT2D eigenvalue weighted by molar-refractivity contribution is 5.81. The first-order valence-electron chi connectivity index (χ1n) is 4.11. The van der Waals surface area contributed by atoms with E-state index in [9.17, 15) is 4.79 Å². The van der Waals surface area contributed by atoms with Gasteiger partial charge in [-0.25, -0.2) is 0 Å². The molecule has 0 saturated heterocycles. The van der Waals surface area contributed by atoms with Crippen molar-refractivity contribution < 1.29 is 4.79 Å². The van der Waals surface area contributed by atoms with Gasteiger partial charge in [0.1, 0.15) is 5.82 Å². The predicted molar refractivity (Wildman–Crippen MR) is 50.3 cm³/mol. The smallest absolute Gasteiger partial charge is 0.250 e. The molecule has 5 nitrogen and oxygen atoms in total. The van der Waals surface area contributed by atoms with Crippen LogP contribution in [-0.4, -0.2) is 21.7 Å². The Morgan fingerprint density at radius 3 is 2.77 bits per heavy atom. The van der Waals surface area contributed by atoms with Crippen LogP contribution in [0.1, 0.15) is 23.8 Å². The largest absolute Gasteiger partial charge is 0.383 e. The van der Waals surface area contributed by atoms with E-state index in [4.69, 9.17) is 11.5 Å². The van der Waals surface area contributed by atoms with Gasteiger partial charge in [-0.1, -0.05) is 0 Å². The Hall–Kier alpha value is -1.36. The highest BCUT2D eigenvalue weighted by Crippen LogP contribution is 2.06. The van der Waals surface area contributed by atoms with Crippen molar-refractivity contribution in [3.05, 3.63) is 11.8 Å². The lowest BCUT2D eigenvalue weighted by Gasteiger charge is -2.04. The number of aromatic nitrogens is 2. The number of hydrogen-bond acceptors (Lipinski definition) is 4. The third-order valence-electron chi connectivity index (χ3n) is 1.59. The van der Waals surface area contributed by atoms with Gasteiger partial charge in [0.15, 0.2) is 0 Å². The zero-order valence-electron chi connectivity index (χ0n) is 7.82. The first kappa shape index (κ1) is 9.73. The van der Waals surface area contributed by atoms with E-state index in [0.29, 0.717) is 5.82 Å². The van der Waals surface area contributed by atoms with Crippen molar-refractivity contribution in [1.29, 1.82) is 0 Å². The van der Waals surface area contributed by atoms with Crippen LogP contribution in [-0.2, 0) is 0 Å². The molecule has 1 aromatic rings. The molecule has 5 heteroatoms. The van der Waals surface area contributed by atoms with Crippen LogP contribution >= 0.6 is 0 Å². The first-order valence-corrected chi connectivity index (χ1v) is 4.11. The summed E-state index contributed by atoms with van der Waals surface area (Å²) < 4.78 is 1.19. The van der Waals surface area contributed by atoms with Crippen LogP contribution in [0, 0.1) is 6.92 Å². The Balaban J connectivity index is 2.82. The lowest BCUT2D eigenvalue weighted by Crippen LogP contribution is -2.24. The molecule has 4 N–H and O–H groups in total. The second-order valence-electron chi connectivity index (χ2n) is 3.20. The lowest BCUT2D eigenvalue weighted by molar-refractivity contribution is 0.0883. The molecule has 13 heavy (non-hydrogen) atoms. The van der Waals surface area contributed by atoms with Gasteiger partial charge < -0.3 is 11.5 Å². The Morgan fingerprint density at radius 1 is 1.77 bits per heavy atom. The summed E-state index contributed by atoms with van der Waals surface area (Å²) in [5.74, 6) is 0.198. The molecular weight excluding hydrogens is 168 g/mol. The monoisotopic (exact) mass is 182 g/mol. The van der Waals surface area contributed by atoms with Crippen LogP contribution in [0.5, 0.6) is 0 Å². The molecule has 0 aromatic carbocycles. The molecule has 0 fully saturated rings. The van der Waals surface area contributed by atoms with Gasteiger partial charge in [0, 0.05) is 18.5 Å². The van der Waals surface area contributed by atoms with Crippen LogP contribution in [0.25, 0.3) is 0 Å². The first-order chi connectivity index (χ1) is 6.00. The van der Waals surface area contributed by atoms with Gasteiger partial charge in [0.05, 0.1) is 5.69 Å². The number of nitrogen functional groups attached to an aromatic ring is 1. The van der Waals surface area contributed by atoms with E-state index in [1.165, 1.54) is 4.68 Å². The molecule has 1 aromatic heterocycles. The molecule has 0 aliphatic carbocycles. The molecule has 1 rings (SSSR count). The summed E-state index contributed by atoms with van der Waals surface area (Å²) in [4.78, 5) is 11.4. The quantitative estimate of drug-likeness (QED) is 0.681. The molecule has 0 amide bonds. The van der Waals surface area contributed by atoms with Crippen molar-refractivity contribution in [3.63, 3.8) is 0 Å². The van der Waals surface area contributed by atoms with E-state index >= 15 is 0 Å². The maximum atomic E-state index is 11.4. The van der Waals surface area contributed by atoms with E-state index in [1.807, 2.05) is 0 Å². The zero-order valence-corrected chi connectivity index (χ0v) is 7.82. The Morgan fingerprint density at radius 2 is 2.38 bits per heavy atom. The number of carbonyl (C=O) groups is 1. The van der Waals surface area contributed by atoms with E-state index in [2.05, 4.69) is 5.10 Å². The average Bonchev–Trinajstić information content (AvgIpc) is 2.28. The van der Waals surface area contributed by atoms with Crippen molar-refractivity contribution in [2.24, 2.45) is 5.73 Å². The Bertz CT molecular complexity index is 316. The summed E-state index contributed by atoms with van der Waals surface area (Å²) >= 11 is 0. The third-order valence-corrected chi connectivity index (χ3v) is 1.59. The number of nitrogens with zero attached hydrogens (tertiary/aromatic N) is 2. The maximum absolute atomic E-state index is 11.4. The highest BCUT2D eigenvalue weighted by atomic mass is 16.2. The van der Waals surface area contributed by atoms with Crippen LogP contribution < -0.4 is 11.5 Å². The van der Waals surface area contributed by atoms with E-state index in [0.717, 1.165) is 5.69 Å². The van der Waals surface area contributed by atoms with Gasteiger partial charge in [-0.3, -0.25) is 4.79 Å². The fourth-order valence-corrected chi connectivity index (χ4v) is 1.08. The standard InChI is InChI=1S/C8H14N4O/c1-5(9)3-8(13)12-7(10)4-6(2)11-12/h4-5H,3,9-10H2,1-2H3. The van der Waals surface area contributed by atoms with Crippen LogP contribution in [0.4, 0.5) is 5.82 Å². The molecule has 0 saturated carbocycles. The van der Waals surface area contributed by atoms with Crippen molar-refractivity contribution in [1.82, 2.24) is 9.78 Å². The molecule has 0 bridgehead atoms. The van der Waals surface area contributed by atoms with Gasteiger partial charge in [0.25, 0.3) is 0 Å². The van der Waals surface area contributed by atoms with Crippen molar-refractivity contribution in [3.8, 4) is 0 Å². The SMILES string of the molecule is Cc1cc(N)n(C(=O)CC(C)N)n1. The summed E-state index contributed by atoms with van der Waals surface area (Å²) in [5, 5.41) is 3.95. The molecule has 1 unspecified atom stereocenters. The second-order valence-corrected chi connectivity index (χ2v) is 3.20. The second kappa shape index (κ2) is 3.57. The number of nitrogens with two attached hydrogens (primary N) is 2. The van der Waals surface area contributed by atoms with Crippen molar-refractivity contribution >= 4 is 11.7 Å². The topological polar surface area (TPSA) is 86.9 Å². The minimum absolute atomic E-state index is 0.166. The van der Waals surface area contributed by atoms with E-state index < -0.39 is 0 Å². The fraction of sp³-hybridized carbons (Fsp3) is 0.500. The van der Waals surface area contributed by atoms with E-state index in [-0.39, 0.29) is 18.4 Å². The minimum atomic E-state index is -0.170. The minimum Gasteiger partial charge on any atom is -0.383 e. The average molecular weight is 182 g/mol.